The number of thioether (sulfide) groups is 1. The lowest BCUT2D eigenvalue weighted by Gasteiger charge is -2.34. The number of nitrogens with zero attached hydrogens (tertiary/aromatic N) is 3. The second-order valence-corrected chi connectivity index (χ2v) is 6.69. The van der Waals surface area contributed by atoms with Gasteiger partial charge in [0.15, 0.2) is 5.96 Å². The van der Waals surface area contributed by atoms with E-state index in [9.17, 15) is 0 Å². The van der Waals surface area contributed by atoms with E-state index in [4.69, 9.17) is 4.99 Å². The molecule has 6 heteroatoms. The minimum absolute atomic E-state index is 0. The third kappa shape index (κ3) is 5.60. The van der Waals surface area contributed by atoms with Crippen LogP contribution in [0.5, 0.6) is 0 Å². The normalized spacial score (nSPS) is 24.0. The first-order valence-electron chi connectivity index (χ1n) is 7.70. The van der Waals surface area contributed by atoms with Gasteiger partial charge in [0.2, 0.25) is 0 Å². The Bertz CT molecular complexity index is 297. The van der Waals surface area contributed by atoms with Crippen molar-refractivity contribution < 1.29 is 0 Å². The van der Waals surface area contributed by atoms with E-state index in [1.54, 1.807) is 0 Å². The Morgan fingerprint density at radius 1 is 1.30 bits per heavy atom. The number of rotatable bonds is 5. The summed E-state index contributed by atoms with van der Waals surface area (Å²) in [5.41, 5.74) is 0. The summed E-state index contributed by atoms with van der Waals surface area (Å²) in [4.78, 5) is 9.74. The smallest absolute Gasteiger partial charge is 0.194 e. The highest BCUT2D eigenvalue weighted by Gasteiger charge is 2.21. The van der Waals surface area contributed by atoms with E-state index in [2.05, 4.69) is 40.7 Å². The lowest BCUT2D eigenvalue weighted by atomic mass is 10.2. The maximum Gasteiger partial charge on any atom is 0.194 e. The van der Waals surface area contributed by atoms with Crippen molar-refractivity contribution in [2.75, 3.05) is 51.6 Å². The van der Waals surface area contributed by atoms with Gasteiger partial charge in [-0.05, 0) is 32.9 Å². The molecule has 0 bridgehead atoms. The zero-order valence-electron chi connectivity index (χ0n) is 12.8. The highest BCUT2D eigenvalue weighted by Crippen LogP contribution is 2.21. The van der Waals surface area contributed by atoms with Crippen molar-refractivity contribution in [1.82, 2.24) is 15.1 Å². The van der Waals surface area contributed by atoms with Crippen molar-refractivity contribution in [3.05, 3.63) is 0 Å². The fraction of sp³-hybridized carbons (Fsp3) is 0.929. The van der Waals surface area contributed by atoms with Gasteiger partial charge in [-0.25, -0.2) is 0 Å². The number of halogens is 1. The summed E-state index contributed by atoms with van der Waals surface area (Å²) in [5.74, 6) is 2.36. The van der Waals surface area contributed by atoms with E-state index < -0.39 is 0 Å². The van der Waals surface area contributed by atoms with Gasteiger partial charge in [0.1, 0.15) is 0 Å². The van der Waals surface area contributed by atoms with Gasteiger partial charge in [-0.2, -0.15) is 11.8 Å². The van der Waals surface area contributed by atoms with Gasteiger partial charge in [-0.1, -0.05) is 6.92 Å². The quantitative estimate of drug-likeness (QED) is 0.426. The van der Waals surface area contributed by atoms with Crippen molar-refractivity contribution in [2.45, 2.75) is 31.9 Å². The summed E-state index contributed by atoms with van der Waals surface area (Å²) in [5, 5.41) is 4.23. The van der Waals surface area contributed by atoms with Crippen LogP contribution in [0.25, 0.3) is 0 Å². The Morgan fingerprint density at radius 3 is 2.70 bits per heavy atom. The fourth-order valence-electron chi connectivity index (χ4n) is 2.49. The largest absolute Gasteiger partial charge is 0.357 e. The topological polar surface area (TPSA) is 30.9 Å². The van der Waals surface area contributed by atoms with Gasteiger partial charge in [0.25, 0.3) is 0 Å². The molecule has 0 aromatic rings. The standard InChI is InChI=1S/C14H28N4S.HI/c1-3-13-12-18(10-11-19-13)14(15-4-2)16-6-9-17-7-5-8-17;/h13H,3-12H2,1-2H3,(H,15,16);1H. The molecule has 1 atom stereocenters. The van der Waals surface area contributed by atoms with Crippen LogP contribution in [0.2, 0.25) is 0 Å². The van der Waals surface area contributed by atoms with Crippen LogP contribution in [-0.2, 0) is 0 Å². The molecule has 0 saturated carbocycles. The van der Waals surface area contributed by atoms with Crippen molar-refractivity contribution in [1.29, 1.82) is 0 Å². The van der Waals surface area contributed by atoms with Crippen LogP contribution in [0.4, 0.5) is 0 Å². The van der Waals surface area contributed by atoms with E-state index in [-0.39, 0.29) is 24.0 Å². The minimum atomic E-state index is 0. The van der Waals surface area contributed by atoms with E-state index in [0.29, 0.717) is 0 Å². The van der Waals surface area contributed by atoms with Crippen molar-refractivity contribution in [3.63, 3.8) is 0 Å². The molecule has 0 aromatic carbocycles. The second kappa shape index (κ2) is 10.1. The van der Waals surface area contributed by atoms with E-state index in [1.165, 1.54) is 31.7 Å². The van der Waals surface area contributed by atoms with Gasteiger partial charge < -0.3 is 15.1 Å². The Hall–Kier alpha value is 0.310. The first-order valence-corrected chi connectivity index (χ1v) is 8.75. The molecule has 2 saturated heterocycles. The molecule has 0 aromatic heterocycles. The van der Waals surface area contributed by atoms with Crippen LogP contribution in [0.15, 0.2) is 4.99 Å². The number of likely N-dealkylation sites (tertiary alicyclic amines) is 1. The number of hydrogen-bond acceptors (Lipinski definition) is 3. The van der Waals surface area contributed by atoms with Crippen LogP contribution >= 0.6 is 35.7 Å². The first-order chi connectivity index (χ1) is 9.33. The van der Waals surface area contributed by atoms with Crippen molar-refractivity contribution in [2.24, 2.45) is 4.99 Å². The third-order valence-electron chi connectivity index (χ3n) is 3.86. The van der Waals surface area contributed by atoms with Gasteiger partial charge in [0, 0.05) is 37.2 Å². The first kappa shape index (κ1) is 18.4. The number of hydrogen-bond donors (Lipinski definition) is 1. The maximum absolute atomic E-state index is 4.81. The highest BCUT2D eigenvalue weighted by molar-refractivity contribution is 14.0. The number of nitrogens with one attached hydrogen (secondary N) is 1. The SMILES string of the molecule is CCNC(=NCCN1CCC1)N1CCSC(CC)C1.I. The zero-order valence-corrected chi connectivity index (χ0v) is 16.0. The predicted molar refractivity (Wildman–Crippen MR) is 101 cm³/mol. The van der Waals surface area contributed by atoms with Crippen LogP contribution in [0, 0.1) is 0 Å². The molecule has 0 aliphatic carbocycles. The lowest BCUT2D eigenvalue weighted by molar-refractivity contribution is 0.187. The summed E-state index contributed by atoms with van der Waals surface area (Å²) in [6.45, 7) is 12.3. The molecule has 2 heterocycles. The summed E-state index contributed by atoms with van der Waals surface area (Å²) >= 11 is 2.11. The predicted octanol–water partition coefficient (Wildman–Crippen LogP) is 2.10. The molecule has 118 valence electrons. The molecular formula is C14H29IN4S. The molecule has 0 amide bonds. The molecule has 2 aliphatic rings. The van der Waals surface area contributed by atoms with E-state index >= 15 is 0 Å². The average Bonchev–Trinajstić information content (AvgIpc) is 2.40. The maximum atomic E-state index is 4.81. The zero-order chi connectivity index (χ0) is 13.5. The average molecular weight is 412 g/mol. The molecule has 2 fully saturated rings. The summed E-state index contributed by atoms with van der Waals surface area (Å²) in [7, 11) is 0. The number of guanidine groups is 1. The third-order valence-corrected chi connectivity index (χ3v) is 5.23. The van der Waals surface area contributed by atoms with Crippen LogP contribution in [0.3, 0.4) is 0 Å². The fourth-order valence-corrected chi connectivity index (χ4v) is 3.67. The molecule has 1 unspecified atom stereocenters. The highest BCUT2D eigenvalue weighted by atomic mass is 127. The van der Waals surface area contributed by atoms with Gasteiger partial charge in [-0.3, -0.25) is 4.99 Å². The summed E-state index contributed by atoms with van der Waals surface area (Å²) in [6, 6.07) is 0. The second-order valence-electron chi connectivity index (χ2n) is 5.28. The molecule has 4 nitrogen and oxygen atoms in total. The van der Waals surface area contributed by atoms with E-state index in [0.717, 1.165) is 43.9 Å². The van der Waals surface area contributed by atoms with Crippen LogP contribution in [0.1, 0.15) is 26.7 Å². The Kier molecular flexibility index (Phi) is 9.28. The molecule has 2 aliphatic heterocycles. The molecule has 1 N–H and O–H groups in total. The molecule has 0 spiro atoms. The molecule has 0 radical (unpaired) electrons. The Balaban J connectivity index is 0.00000200. The lowest BCUT2D eigenvalue weighted by Crippen LogP contribution is -2.48. The van der Waals surface area contributed by atoms with Crippen molar-refractivity contribution >= 4 is 41.7 Å². The van der Waals surface area contributed by atoms with Gasteiger partial charge in [-0.15, -0.1) is 24.0 Å². The van der Waals surface area contributed by atoms with E-state index in [1.807, 2.05) is 0 Å². The number of aliphatic imine (C=N–C) groups is 1. The summed E-state index contributed by atoms with van der Waals surface area (Å²) < 4.78 is 0. The van der Waals surface area contributed by atoms with Crippen molar-refractivity contribution in [3.8, 4) is 0 Å². The summed E-state index contributed by atoms with van der Waals surface area (Å²) in [6.07, 6.45) is 2.62. The van der Waals surface area contributed by atoms with Gasteiger partial charge >= 0.3 is 0 Å². The Labute approximate surface area is 145 Å². The molecular weight excluding hydrogens is 383 g/mol. The van der Waals surface area contributed by atoms with Gasteiger partial charge in [0.05, 0.1) is 6.54 Å². The monoisotopic (exact) mass is 412 g/mol. The van der Waals surface area contributed by atoms with Crippen LogP contribution < -0.4 is 5.32 Å². The Morgan fingerprint density at radius 2 is 2.10 bits per heavy atom. The van der Waals surface area contributed by atoms with Crippen LogP contribution in [-0.4, -0.2) is 72.6 Å². The minimum Gasteiger partial charge on any atom is -0.357 e. The molecule has 2 rings (SSSR count). The molecule has 20 heavy (non-hydrogen) atoms.